The van der Waals surface area contributed by atoms with Crippen molar-refractivity contribution in [2.45, 2.75) is 20.0 Å². The van der Waals surface area contributed by atoms with Crippen LogP contribution >= 0.6 is 0 Å². The van der Waals surface area contributed by atoms with E-state index in [4.69, 9.17) is 4.74 Å². The Morgan fingerprint density at radius 1 is 1.64 bits per heavy atom. The van der Waals surface area contributed by atoms with Crippen molar-refractivity contribution in [3.05, 3.63) is 17.5 Å². The minimum Gasteiger partial charge on any atom is -0.377 e. The number of aromatic nitrogens is 2. The van der Waals surface area contributed by atoms with Crippen LogP contribution in [0, 0.1) is 6.92 Å². The summed E-state index contributed by atoms with van der Waals surface area (Å²) in [5, 5.41) is 4.12. The molecule has 3 heteroatoms. The zero-order chi connectivity index (χ0) is 8.43. The summed E-state index contributed by atoms with van der Waals surface area (Å²) >= 11 is 0. The molecule has 0 aliphatic heterocycles. The maximum atomic E-state index is 5.18. The van der Waals surface area contributed by atoms with E-state index in [2.05, 4.69) is 5.10 Å². The standard InChI is InChI=1S/C8H14N2O/c1-6-8(7(2)11-4)5-9-10(6)3/h5,7H,1-4H3. The lowest BCUT2D eigenvalue weighted by Gasteiger charge is -2.07. The monoisotopic (exact) mass is 154 g/mol. The van der Waals surface area contributed by atoms with Gasteiger partial charge < -0.3 is 4.74 Å². The Morgan fingerprint density at radius 2 is 2.27 bits per heavy atom. The molecular weight excluding hydrogens is 140 g/mol. The SMILES string of the molecule is COC(C)c1cnn(C)c1C. The van der Waals surface area contributed by atoms with Gasteiger partial charge in [0, 0.05) is 25.4 Å². The molecule has 0 bridgehead atoms. The second kappa shape index (κ2) is 3.05. The summed E-state index contributed by atoms with van der Waals surface area (Å²) in [6.07, 6.45) is 1.99. The average Bonchev–Trinajstić information content (AvgIpc) is 2.32. The van der Waals surface area contributed by atoms with Gasteiger partial charge in [0.2, 0.25) is 0 Å². The molecule has 1 rings (SSSR count). The molecule has 0 N–H and O–H groups in total. The van der Waals surface area contributed by atoms with Crippen molar-refractivity contribution in [3.8, 4) is 0 Å². The van der Waals surface area contributed by atoms with E-state index in [1.165, 1.54) is 5.69 Å². The van der Waals surface area contributed by atoms with Crippen molar-refractivity contribution in [2.75, 3.05) is 7.11 Å². The van der Waals surface area contributed by atoms with Gasteiger partial charge in [-0.25, -0.2) is 0 Å². The van der Waals surface area contributed by atoms with Crippen molar-refractivity contribution in [1.82, 2.24) is 9.78 Å². The number of aryl methyl sites for hydroxylation is 1. The van der Waals surface area contributed by atoms with Crippen LogP contribution in [-0.4, -0.2) is 16.9 Å². The Kier molecular flexibility index (Phi) is 2.29. The molecule has 0 saturated carbocycles. The van der Waals surface area contributed by atoms with Gasteiger partial charge in [0.1, 0.15) is 0 Å². The summed E-state index contributed by atoms with van der Waals surface area (Å²) < 4.78 is 7.03. The third-order valence-corrected chi connectivity index (χ3v) is 2.06. The third kappa shape index (κ3) is 1.43. The molecule has 1 aromatic rings. The zero-order valence-electron chi connectivity index (χ0n) is 7.46. The van der Waals surface area contributed by atoms with Crippen LogP contribution in [0.4, 0.5) is 0 Å². The van der Waals surface area contributed by atoms with Crippen molar-refractivity contribution in [3.63, 3.8) is 0 Å². The van der Waals surface area contributed by atoms with E-state index < -0.39 is 0 Å². The second-order valence-electron chi connectivity index (χ2n) is 2.69. The van der Waals surface area contributed by atoms with Gasteiger partial charge in [-0.3, -0.25) is 4.68 Å². The van der Waals surface area contributed by atoms with Gasteiger partial charge in [-0.1, -0.05) is 0 Å². The molecule has 1 atom stereocenters. The van der Waals surface area contributed by atoms with E-state index in [0.717, 1.165) is 5.56 Å². The van der Waals surface area contributed by atoms with Crippen LogP contribution in [-0.2, 0) is 11.8 Å². The van der Waals surface area contributed by atoms with E-state index in [9.17, 15) is 0 Å². The number of hydrogen-bond donors (Lipinski definition) is 0. The minimum absolute atomic E-state index is 0.142. The van der Waals surface area contributed by atoms with E-state index in [1.807, 2.05) is 31.8 Å². The topological polar surface area (TPSA) is 27.1 Å². The Hall–Kier alpha value is -0.830. The third-order valence-electron chi connectivity index (χ3n) is 2.06. The summed E-state index contributed by atoms with van der Waals surface area (Å²) in [4.78, 5) is 0. The first-order chi connectivity index (χ1) is 5.16. The van der Waals surface area contributed by atoms with Crippen molar-refractivity contribution in [1.29, 1.82) is 0 Å². The van der Waals surface area contributed by atoms with Crippen LogP contribution in [0.2, 0.25) is 0 Å². The fourth-order valence-electron chi connectivity index (χ4n) is 1.04. The predicted molar refractivity (Wildman–Crippen MR) is 43.4 cm³/mol. The molecule has 0 radical (unpaired) electrons. The van der Waals surface area contributed by atoms with Crippen LogP contribution in [0.25, 0.3) is 0 Å². The number of hydrogen-bond acceptors (Lipinski definition) is 2. The largest absolute Gasteiger partial charge is 0.377 e. The molecule has 0 saturated heterocycles. The van der Waals surface area contributed by atoms with Gasteiger partial charge in [-0.15, -0.1) is 0 Å². The molecule has 0 amide bonds. The first-order valence-electron chi connectivity index (χ1n) is 3.68. The summed E-state index contributed by atoms with van der Waals surface area (Å²) in [5.41, 5.74) is 2.33. The van der Waals surface area contributed by atoms with E-state index in [-0.39, 0.29) is 6.10 Å². The normalized spacial score (nSPS) is 13.5. The molecule has 1 unspecified atom stereocenters. The first kappa shape index (κ1) is 8.27. The Bertz CT molecular complexity index is 242. The molecule has 0 spiro atoms. The minimum atomic E-state index is 0.142. The van der Waals surface area contributed by atoms with E-state index >= 15 is 0 Å². The maximum Gasteiger partial charge on any atom is 0.0826 e. The zero-order valence-corrected chi connectivity index (χ0v) is 7.46. The Labute approximate surface area is 67.0 Å². The Morgan fingerprint density at radius 3 is 2.64 bits per heavy atom. The molecule has 1 heterocycles. The lowest BCUT2D eigenvalue weighted by Crippen LogP contribution is -1.98. The summed E-state index contributed by atoms with van der Waals surface area (Å²) in [5.74, 6) is 0. The highest BCUT2D eigenvalue weighted by Gasteiger charge is 2.09. The fourth-order valence-corrected chi connectivity index (χ4v) is 1.04. The van der Waals surface area contributed by atoms with Crippen LogP contribution in [0.15, 0.2) is 6.20 Å². The van der Waals surface area contributed by atoms with Crippen molar-refractivity contribution in [2.24, 2.45) is 7.05 Å². The van der Waals surface area contributed by atoms with Gasteiger partial charge in [0.05, 0.1) is 12.3 Å². The van der Waals surface area contributed by atoms with Crippen molar-refractivity contribution < 1.29 is 4.74 Å². The fraction of sp³-hybridized carbons (Fsp3) is 0.625. The summed E-state index contributed by atoms with van der Waals surface area (Å²) in [6, 6.07) is 0. The molecular formula is C8H14N2O. The van der Waals surface area contributed by atoms with Gasteiger partial charge >= 0.3 is 0 Å². The molecule has 0 aliphatic carbocycles. The van der Waals surface area contributed by atoms with Gasteiger partial charge in [-0.2, -0.15) is 5.10 Å². The van der Waals surface area contributed by atoms with Gasteiger partial charge in [0.15, 0.2) is 0 Å². The molecule has 0 aliphatic rings. The number of nitrogens with zero attached hydrogens (tertiary/aromatic N) is 2. The summed E-state index contributed by atoms with van der Waals surface area (Å²) in [7, 11) is 3.64. The van der Waals surface area contributed by atoms with E-state index in [0.29, 0.717) is 0 Å². The highest BCUT2D eigenvalue weighted by molar-refractivity contribution is 5.18. The highest BCUT2D eigenvalue weighted by atomic mass is 16.5. The Balaban J connectivity index is 2.94. The smallest absolute Gasteiger partial charge is 0.0826 e. The number of rotatable bonds is 2. The first-order valence-corrected chi connectivity index (χ1v) is 3.68. The quantitative estimate of drug-likeness (QED) is 0.644. The van der Waals surface area contributed by atoms with E-state index in [1.54, 1.807) is 7.11 Å². The molecule has 3 nitrogen and oxygen atoms in total. The molecule has 0 aromatic carbocycles. The van der Waals surface area contributed by atoms with Crippen molar-refractivity contribution >= 4 is 0 Å². The lowest BCUT2D eigenvalue weighted by molar-refractivity contribution is 0.119. The van der Waals surface area contributed by atoms with Gasteiger partial charge in [0.25, 0.3) is 0 Å². The second-order valence-corrected chi connectivity index (χ2v) is 2.69. The van der Waals surface area contributed by atoms with Gasteiger partial charge in [-0.05, 0) is 13.8 Å². The van der Waals surface area contributed by atoms with Crippen LogP contribution in [0.5, 0.6) is 0 Å². The average molecular weight is 154 g/mol. The molecule has 0 fully saturated rings. The summed E-state index contributed by atoms with van der Waals surface area (Å²) in [6.45, 7) is 4.06. The number of methoxy groups -OCH3 is 1. The number of ether oxygens (including phenoxy) is 1. The molecule has 1 aromatic heterocycles. The maximum absolute atomic E-state index is 5.18. The van der Waals surface area contributed by atoms with Crippen LogP contribution in [0.1, 0.15) is 24.3 Å². The predicted octanol–water partition coefficient (Wildman–Crippen LogP) is 1.44. The van der Waals surface area contributed by atoms with Crippen LogP contribution in [0.3, 0.4) is 0 Å². The van der Waals surface area contributed by atoms with Crippen LogP contribution < -0.4 is 0 Å². The molecule has 62 valence electrons. The lowest BCUT2D eigenvalue weighted by atomic mass is 10.2. The molecule has 11 heavy (non-hydrogen) atoms. The highest BCUT2D eigenvalue weighted by Crippen LogP contribution is 2.18.